The molecule has 0 saturated carbocycles. The standard InChI is InChI=1S/C15H31N3/c1-14(17-8-4-5-9-17)6-7-15(2)18-12-10-16(3)11-13-18/h14-15H,4-13H2,1-3H3. The third kappa shape index (κ3) is 3.94. The SMILES string of the molecule is CC(CCC(C)N1CCN(C)CC1)N1CCCC1. The molecule has 2 aliphatic heterocycles. The highest BCUT2D eigenvalue weighted by Gasteiger charge is 2.22. The number of nitrogens with zero attached hydrogens (tertiary/aromatic N) is 3. The molecule has 0 amide bonds. The minimum absolute atomic E-state index is 0.767. The van der Waals surface area contributed by atoms with Gasteiger partial charge in [-0.3, -0.25) is 4.90 Å². The molecule has 0 radical (unpaired) electrons. The van der Waals surface area contributed by atoms with Crippen LogP contribution in [0.4, 0.5) is 0 Å². The van der Waals surface area contributed by atoms with Gasteiger partial charge in [0.05, 0.1) is 0 Å². The lowest BCUT2D eigenvalue weighted by Crippen LogP contribution is -2.48. The average Bonchev–Trinajstić information content (AvgIpc) is 2.90. The first-order valence-electron chi connectivity index (χ1n) is 7.83. The average molecular weight is 253 g/mol. The van der Waals surface area contributed by atoms with Gasteiger partial charge in [0.2, 0.25) is 0 Å². The van der Waals surface area contributed by atoms with Gasteiger partial charge in [-0.25, -0.2) is 0 Å². The maximum absolute atomic E-state index is 2.68. The minimum Gasteiger partial charge on any atom is -0.304 e. The molecule has 0 N–H and O–H groups in total. The van der Waals surface area contributed by atoms with Crippen LogP contribution in [-0.4, -0.2) is 73.1 Å². The zero-order valence-corrected chi connectivity index (χ0v) is 12.6. The Kier molecular flexibility index (Phi) is 5.46. The second-order valence-electron chi connectivity index (χ2n) is 6.36. The molecule has 18 heavy (non-hydrogen) atoms. The molecule has 2 rings (SSSR count). The molecular weight excluding hydrogens is 222 g/mol. The van der Waals surface area contributed by atoms with Crippen molar-refractivity contribution in [1.82, 2.24) is 14.7 Å². The zero-order chi connectivity index (χ0) is 13.0. The van der Waals surface area contributed by atoms with Crippen LogP contribution in [0.2, 0.25) is 0 Å². The summed E-state index contributed by atoms with van der Waals surface area (Å²) >= 11 is 0. The van der Waals surface area contributed by atoms with E-state index >= 15 is 0 Å². The van der Waals surface area contributed by atoms with Gasteiger partial charge in [-0.1, -0.05) is 0 Å². The van der Waals surface area contributed by atoms with Crippen molar-refractivity contribution < 1.29 is 0 Å². The van der Waals surface area contributed by atoms with Crippen molar-refractivity contribution >= 4 is 0 Å². The molecule has 0 spiro atoms. The van der Waals surface area contributed by atoms with E-state index in [4.69, 9.17) is 0 Å². The highest BCUT2D eigenvalue weighted by Crippen LogP contribution is 2.17. The molecular formula is C15H31N3. The summed E-state index contributed by atoms with van der Waals surface area (Å²) in [5.41, 5.74) is 0. The first-order chi connectivity index (χ1) is 8.66. The lowest BCUT2D eigenvalue weighted by Gasteiger charge is -2.37. The van der Waals surface area contributed by atoms with Crippen molar-refractivity contribution in [3.8, 4) is 0 Å². The molecule has 3 heteroatoms. The van der Waals surface area contributed by atoms with Crippen molar-refractivity contribution in [2.45, 2.75) is 51.6 Å². The minimum atomic E-state index is 0.767. The van der Waals surface area contributed by atoms with Gasteiger partial charge < -0.3 is 9.80 Å². The van der Waals surface area contributed by atoms with Gasteiger partial charge in [0.25, 0.3) is 0 Å². The Morgan fingerprint density at radius 2 is 1.17 bits per heavy atom. The van der Waals surface area contributed by atoms with Crippen LogP contribution in [-0.2, 0) is 0 Å². The van der Waals surface area contributed by atoms with E-state index in [0.717, 1.165) is 12.1 Å². The summed E-state index contributed by atoms with van der Waals surface area (Å²) in [7, 11) is 2.23. The summed E-state index contributed by atoms with van der Waals surface area (Å²) < 4.78 is 0. The Hall–Kier alpha value is -0.120. The number of rotatable bonds is 5. The van der Waals surface area contributed by atoms with Crippen molar-refractivity contribution in [3.05, 3.63) is 0 Å². The number of likely N-dealkylation sites (N-methyl/N-ethyl adjacent to an activating group) is 1. The van der Waals surface area contributed by atoms with Gasteiger partial charge in [-0.15, -0.1) is 0 Å². The molecule has 2 unspecified atom stereocenters. The van der Waals surface area contributed by atoms with E-state index in [1.807, 2.05) is 0 Å². The molecule has 106 valence electrons. The second kappa shape index (κ2) is 6.88. The molecule has 2 aliphatic rings. The summed E-state index contributed by atoms with van der Waals surface area (Å²) in [5.74, 6) is 0. The fourth-order valence-electron chi connectivity index (χ4n) is 3.29. The molecule has 0 bridgehead atoms. The van der Waals surface area contributed by atoms with Crippen molar-refractivity contribution in [3.63, 3.8) is 0 Å². The lowest BCUT2D eigenvalue weighted by atomic mass is 10.1. The van der Waals surface area contributed by atoms with E-state index < -0.39 is 0 Å². The van der Waals surface area contributed by atoms with E-state index in [-0.39, 0.29) is 0 Å². The quantitative estimate of drug-likeness (QED) is 0.741. The van der Waals surface area contributed by atoms with Gasteiger partial charge in [0.15, 0.2) is 0 Å². The van der Waals surface area contributed by atoms with Crippen LogP contribution >= 0.6 is 0 Å². The van der Waals surface area contributed by atoms with Crippen LogP contribution in [0, 0.1) is 0 Å². The van der Waals surface area contributed by atoms with Gasteiger partial charge in [0.1, 0.15) is 0 Å². The Labute approximate surface area is 113 Å². The van der Waals surface area contributed by atoms with Crippen LogP contribution < -0.4 is 0 Å². The number of hydrogen-bond acceptors (Lipinski definition) is 3. The fraction of sp³-hybridized carbons (Fsp3) is 1.00. The van der Waals surface area contributed by atoms with E-state index in [1.54, 1.807) is 0 Å². The largest absolute Gasteiger partial charge is 0.304 e. The van der Waals surface area contributed by atoms with Crippen molar-refractivity contribution in [2.75, 3.05) is 46.3 Å². The predicted molar refractivity (Wildman–Crippen MR) is 78.0 cm³/mol. The topological polar surface area (TPSA) is 9.72 Å². The summed E-state index contributed by atoms with van der Waals surface area (Å²) in [4.78, 5) is 7.80. The van der Waals surface area contributed by atoms with Crippen molar-refractivity contribution in [1.29, 1.82) is 0 Å². The molecule has 3 nitrogen and oxygen atoms in total. The van der Waals surface area contributed by atoms with Gasteiger partial charge >= 0.3 is 0 Å². The first kappa shape index (κ1) is 14.3. The molecule has 0 aliphatic carbocycles. The molecule has 2 heterocycles. The van der Waals surface area contributed by atoms with Gasteiger partial charge in [0, 0.05) is 38.3 Å². The highest BCUT2D eigenvalue weighted by molar-refractivity contribution is 4.78. The fourth-order valence-corrected chi connectivity index (χ4v) is 3.29. The number of likely N-dealkylation sites (tertiary alicyclic amines) is 1. The smallest absolute Gasteiger partial charge is 0.0113 e. The predicted octanol–water partition coefficient (Wildman–Crippen LogP) is 1.89. The Balaban J connectivity index is 1.66. The highest BCUT2D eigenvalue weighted by atomic mass is 15.3. The van der Waals surface area contributed by atoms with Crippen molar-refractivity contribution in [2.24, 2.45) is 0 Å². The molecule has 2 fully saturated rings. The van der Waals surface area contributed by atoms with E-state index in [0.29, 0.717) is 0 Å². The maximum Gasteiger partial charge on any atom is 0.0113 e. The first-order valence-corrected chi connectivity index (χ1v) is 7.83. The second-order valence-corrected chi connectivity index (χ2v) is 6.36. The molecule has 0 aromatic heterocycles. The zero-order valence-electron chi connectivity index (χ0n) is 12.6. The Morgan fingerprint density at radius 3 is 1.67 bits per heavy atom. The van der Waals surface area contributed by atoms with E-state index in [1.165, 1.54) is 65.0 Å². The van der Waals surface area contributed by atoms with Crippen LogP contribution in [0.25, 0.3) is 0 Å². The Morgan fingerprint density at radius 1 is 0.722 bits per heavy atom. The number of piperazine rings is 1. The summed E-state index contributed by atoms with van der Waals surface area (Å²) in [5, 5.41) is 0. The summed E-state index contributed by atoms with van der Waals surface area (Å²) in [6.45, 7) is 12.5. The Bertz CT molecular complexity index is 230. The van der Waals surface area contributed by atoms with E-state index in [9.17, 15) is 0 Å². The van der Waals surface area contributed by atoms with Gasteiger partial charge in [-0.05, 0) is 59.7 Å². The van der Waals surface area contributed by atoms with Crippen LogP contribution in [0.1, 0.15) is 39.5 Å². The normalized spacial score (nSPS) is 27.5. The van der Waals surface area contributed by atoms with Crippen LogP contribution in [0.3, 0.4) is 0 Å². The lowest BCUT2D eigenvalue weighted by molar-refractivity contribution is 0.108. The molecule has 2 saturated heterocycles. The molecule has 0 aromatic carbocycles. The molecule has 0 aromatic rings. The monoisotopic (exact) mass is 253 g/mol. The molecule has 2 atom stereocenters. The third-order valence-electron chi connectivity index (χ3n) is 4.93. The summed E-state index contributed by atoms with van der Waals surface area (Å²) in [6, 6.07) is 1.56. The van der Waals surface area contributed by atoms with Crippen LogP contribution in [0.15, 0.2) is 0 Å². The maximum atomic E-state index is 2.68. The van der Waals surface area contributed by atoms with Gasteiger partial charge in [-0.2, -0.15) is 0 Å². The summed E-state index contributed by atoms with van der Waals surface area (Å²) in [6.07, 6.45) is 5.56. The number of hydrogen-bond donors (Lipinski definition) is 0. The van der Waals surface area contributed by atoms with Crippen LogP contribution in [0.5, 0.6) is 0 Å². The van der Waals surface area contributed by atoms with E-state index in [2.05, 4.69) is 35.6 Å². The third-order valence-corrected chi connectivity index (χ3v) is 4.93.